The molecule has 1 aromatic rings. The molecule has 0 bridgehead atoms. The Balaban J connectivity index is 0.00000212. The van der Waals surface area contributed by atoms with Crippen LogP contribution in [-0.4, -0.2) is 69.5 Å². The maximum absolute atomic E-state index is 11.9. The largest absolute Gasteiger partial charge is 0.475 e. The highest BCUT2D eigenvalue weighted by Gasteiger charge is 2.36. The van der Waals surface area contributed by atoms with E-state index >= 15 is 0 Å². The van der Waals surface area contributed by atoms with Gasteiger partial charge in [0.1, 0.15) is 12.2 Å². The number of aliphatic hydroxyl groups excluding tert-OH is 1. The Hall–Kier alpha value is -1.16. The summed E-state index contributed by atoms with van der Waals surface area (Å²) in [6.45, 7) is 12.5. The molecule has 180 valence electrons. The Morgan fingerprint density at radius 3 is 2.61 bits per heavy atom. The molecule has 0 aromatic carbocycles. The van der Waals surface area contributed by atoms with Crippen molar-refractivity contribution in [1.82, 2.24) is 8.75 Å². The van der Waals surface area contributed by atoms with Crippen molar-refractivity contribution in [2.45, 2.75) is 73.0 Å². The highest BCUT2D eigenvalue weighted by Crippen LogP contribution is 2.31. The number of thioether (sulfide) groups is 1. The summed E-state index contributed by atoms with van der Waals surface area (Å²) in [6.07, 6.45) is 7.61. The van der Waals surface area contributed by atoms with Crippen molar-refractivity contribution < 1.29 is 23.9 Å². The highest BCUT2D eigenvalue weighted by molar-refractivity contribution is 8.13. The van der Waals surface area contributed by atoms with E-state index in [0.29, 0.717) is 17.0 Å². The molecule has 0 radical (unpaired) electrons. The van der Waals surface area contributed by atoms with Gasteiger partial charge in [0.25, 0.3) is 5.88 Å². The molecule has 7 nitrogen and oxygen atoms in total. The van der Waals surface area contributed by atoms with Crippen LogP contribution in [0, 0.1) is 0 Å². The number of aliphatic hydroxyl groups is 1. The minimum absolute atomic E-state index is 0.202. The van der Waals surface area contributed by atoms with E-state index in [1.807, 2.05) is 27.7 Å². The van der Waals surface area contributed by atoms with Gasteiger partial charge in [0, 0.05) is 31.8 Å². The van der Waals surface area contributed by atoms with E-state index in [-0.39, 0.29) is 11.5 Å². The van der Waals surface area contributed by atoms with Crippen molar-refractivity contribution in [3.05, 3.63) is 11.8 Å². The number of likely N-dealkylation sites (N-methyl/N-ethyl adjacent to an activating group) is 1. The molecule has 1 N–H and O–H groups in total. The molecule has 0 spiro atoms. The van der Waals surface area contributed by atoms with Crippen LogP contribution < -0.4 is 4.74 Å². The Morgan fingerprint density at radius 1 is 1.26 bits per heavy atom. The number of quaternary nitrogens is 1. The SMILES string of the molecule is CC.CCCCCCOc1nsnc1C1=CCC[N+](C)(C(C)OC(=O)SCC)C1.CO. The van der Waals surface area contributed by atoms with Crippen LogP contribution in [0.5, 0.6) is 5.88 Å². The lowest BCUT2D eigenvalue weighted by Gasteiger charge is -2.41. The molecular weight excluding hydrogens is 434 g/mol. The van der Waals surface area contributed by atoms with Gasteiger partial charge in [0.15, 0.2) is 0 Å². The van der Waals surface area contributed by atoms with Gasteiger partial charge in [-0.2, -0.15) is 4.37 Å². The summed E-state index contributed by atoms with van der Waals surface area (Å²) < 4.78 is 21.0. The van der Waals surface area contributed by atoms with Gasteiger partial charge in [-0.3, -0.25) is 4.48 Å². The van der Waals surface area contributed by atoms with Crippen LogP contribution in [0.4, 0.5) is 4.79 Å². The summed E-state index contributed by atoms with van der Waals surface area (Å²) in [4.78, 5) is 11.9. The van der Waals surface area contributed by atoms with Crippen molar-refractivity contribution in [1.29, 1.82) is 0 Å². The Bertz CT molecular complexity index is 640. The molecule has 0 saturated carbocycles. The second kappa shape index (κ2) is 17.4. The molecule has 0 amide bonds. The molecule has 2 unspecified atom stereocenters. The van der Waals surface area contributed by atoms with Gasteiger partial charge in [0.05, 0.1) is 31.9 Å². The number of ether oxygens (including phenoxy) is 2. The highest BCUT2D eigenvalue weighted by atomic mass is 32.2. The molecule has 2 heterocycles. The molecule has 1 aliphatic heterocycles. The summed E-state index contributed by atoms with van der Waals surface area (Å²) in [5.74, 6) is 1.37. The average molecular weight is 477 g/mol. The average Bonchev–Trinajstić information content (AvgIpc) is 3.25. The minimum Gasteiger partial charge on any atom is -0.475 e. The van der Waals surface area contributed by atoms with E-state index < -0.39 is 0 Å². The Morgan fingerprint density at radius 2 is 1.97 bits per heavy atom. The number of hydrogen-bond donors (Lipinski definition) is 1. The Labute approximate surface area is 197 Å². The fourth-order valence-electron chi connectivity index (χ4n) is 3.14. The summed E-state index contributed by atoms with van der Waals surface area (Å²) in [5, 5.41) is 6.80. The van der Waals surface area contributed by atoms with Crippen LogP contribution in [0.25, 0.3) is 5.57 Å². The zero-order valence-electron chi connectivity index (χ0n) is 20.3. The topological polar surface area (TPSA) is 81.5 Å². The predicted molar refractivity (Wildman–Crippen MR) is 132 cm³/mol. The quantitative estimate of drug-likeness (QED) is 0.267. The number of carbonyl (C=O) groups is 1. The van der Waals surface area contributed by atoms with Gasteiger partial charge in [-0.05, 0) is 18.2 Å². The zero-order valence-corrected chi connectivity index (χ0v) is 22.0. The van der Waals surface area contributed by atoms with E-state index in [1.165, 1.54) is 42.8 Å². The maximum Gasteiger partial charge on any atom is 0.371 e. The molecule has 2 rings (SSSR count). The van der Waals surface area contributed by atoms with Crippen molar-refractivity contribution in [2.75, 3.05) is 39.6 Å². The van der Waals surface area contributed by atoms with Gasteiger partial charge in [-0.25, -0.2) is 4.79 Å². The lowest BCUT2D eigenvalue weighted by atomic mass is 10.0. The summed E-state index contributed by atoms with van der Waals surface area (Å²) in [5.41, 5.74) is 1.98. The first kappa shape index (κ1) is 29.8. The molecule has 9 heteroatoms. The zero-order chi connectivity index (χ0) is 23.7. The van der Waals surface area contributed by atoms with E-state index in [4.69, 9.17) is 14.6 Å². The lowest BCUT2D eigenvalue weighted by molar-refractivity contribution is -0.944. The van der Waals surface area contributed by atoms with Crippen LogP contribution in [0.2, 0.25) is 0 Å². The number of nitrogens with zero attached hydrogens (tertiary/aromatic N) is 3. The number of rotatable bonds is 10. The molecule has 0 aliphatic carbocycles. The van der Waals surface area contributed by atoms with Crippen LogP contribution in [0.15, 0.2) is 6.08 Å². The summed E-state index contributed by atoms with van der Waals surface area (Å²) in [7, 11) is 3.13. The molecule has 0 saturated heterocycles. The van der Waals surface area contributed by atoms with Crippen LogP contribution in [0.3, 0.4) is 0 Å². The molecule has 1 aliphatic rings. The number of aromatic nitrogens is 2. The fourth-order valence-corrected chi connectivity index (χ4v) is 4.11. The van der Waals surface area contributed by atoms with Gasteiger partial charge in [0.2, 0.25) is 6.23 Å². The first-order valence-electron chi connectivity index (χ1n) is 11.3. The predicted octanol–water partition coefficient (Wildman–Crippen LogP) is 5.60. The standard InChI is InChI=1S/C19H32N3O3S2.C2H6.CH4O/c1-5-7-8-9-13-24-18-17(20-27-21-18)16-11-10-12-22(4,14-16)15(3)25-19(23)26-6-2;2*1-2/h11,15H,5-10,12-14H2,1-4H3;1-2H3;2H,1H3/q+1;;. The summed E-state index contributed by atoms with van der Waals surface area (Å²) in [6, 6.07) is 0. The molecule has 2 atom stereocenters. The molecular formula is C22H42N3O4S2+. The van der Waals surface area contributed by atoms with Crippen molar-refractivity contribution >= 4 is 34.4 Å². The third kappa shape index (κ3) is 10.3. The van der Waals surface area contributed by atoms with Crippen LogP contribution in [-0.2, 0) is 4.74 Å². The van der Waals surface area contributed by atoms with E-state index in [2.05, 4.69) is 28.8 Å². The van der Waals surface area contributed by atoms with Crippen molar-refractivity contribution in [2.24, 2.45) is 0 Å². The second-order valence-corrected chi connectivity index (χ2v) is 8.83. The maximum atomic E-state index is 11.9. The van der Waals surface area contributed by atoms with Gasteiger partial charge in [-0.15, -0.1) is 4.37 Å². The van der Waals surface area contributed by atoms with Crippen molar-refractivity contribution in [3.63, 3.8) is 0 Å². The monoisotopic (exact) mass is 476 g/mol. The normalized spacial score (nSPS) is 18.5. The van der Waals surface area contributed by atoms with E-state index in [9.17, 15) is 4.79 Å². The smallest absolute Gasteiger partial charge is 0.371 e. The van der Waals surface area contributed by atoms with Gasteiger partial charge < -0.3 is 14.6 Å². The van der Waals surface area contributed by atoms with E-state index in [0.717, 1.165) is 50.1 Å². The molecule has 31 heavy (non-hydrogen) atoms. The number of hydrogen-bond acceptors (Lipinski definition) is 8. The Kier molecular flexibility index (Phi) is 16.8. The first-order chi connectivity index (χ1) is 15.0. The number of unbranched alkanes of at least 4 members (excludes halogenated alkanes) is 3. The minimum atomic E-state index is -0.203. The second-order valence-electron chi connectivity index (χ2n) is 7.11. The van der Waals surface area contributed by atoms with Gasteiger partial charge >= 0.3 is 5.30 Å². The molecule has 0 fully saturated rings. The van der Waals surface area contributed by atoms with E-state index in [1.54, 1.807) is 0 Å². The number of carbonyl (C=O) groups excluding carboxylic acids is 1. The van der Waals surface area contributed by atoms with Crippen LogP contribution in [0.1, 0.15) is 72.4 Å². The van der Waals surface area contributed by atoms with Crippen LogP contribution >= 0.6 is 23.5 Å². The first-order valence-corrected chi connectivity index (χ1v) is 13.0. The lowest BCUT2D eigenvalue weighted by Crippen LogP contribution is -2.55. The summed E-state index contributed by atoms with van der Waals surface area (Å²) >= 11 is 2.40. The third-order valence-corrected chi connectivity index (χ3v) is 6.10. The molecule has 1 aromatic heterocycles. The van der Waals surface area contributed by atoms with Crippen molar-refractivity contribution in [3.8, 4) is 5.88 Å². The van der Waals surface area contributed by atoms with Gasteiger partial charge in [-0.1, -0.05) is 53.0 Å². The fraction of sp³-hybridized carbons (Fsp3) is 0.773. The third-order valence-electron chi connectivity index (χ3n) is 4.97.